The molecule has 0 fully saturated rings. The van der Waals surface area contributed by atoms with Crippen molar-refractivity contribution in [3.63, 3.8) is 0 Å². The van der Waals surface area contributed by atoms with Crippen molar-refractivity contribution in [3.8, 4) is 17.9 Å². The highest BCUT2D eigenvalue weighted by Gasteiger charge is 2.36. The molecule has 116 valence electrons. The Morgan fingerprint density at radius 3 is 2.14 bits per heavy atom. The van der Waals surface area contributed by atoms with Crippen molar-refractivity contribution in [1.29, 1.82) is 10.5 Å². The highest BCUT2D eigenvalue weighted by molar-refractivity contribution is 6.10. The smallest absolute Gasteiger partial charge is 0.406 e. The van der Waals surface area contributed by atoms with Crippen LogP contribution in [0.1, 0.15) is 5.56 Å². The first-order chi connectivity index (χ1) is 10.1. The zero-order valence-corrected chi connectivity index (χ0v) is 10.2. The molecule has 0 heterocycles. The number of hydrazone groups is 1. The van der Waals surface area contributed by atoms with Gasteiger partial charge in [0.05, 0.1) is 11.3 Å². The second-order valence-corrected chi connectivity index (χ2v) is 3.55. The first-order valence-electron chi connectivity index (χ1n) is 5.17. The second-order valence-electron chi connectivity index (χ2n) is 3.55. The van der Waals surface area contributed by atoms with E-state index in [1.807, 2.05) is 0 Å². The molecule has 0 aromatic heterocycles. The van der Waals surface area contributed by atoms with E-state index in [0.29, 0.717) is 12.1 Å². The number of hydrogen-bond donors (Lipinski definition) is 1. The Labute approximate surface area is 119 Å². The van der Waals surface area contributed by atoms with Gasteiger partial charge in [0.25, 0.3) is 0 Å². The molecule has 0 atom stereocenters. The number of nitrogens with zero attached hydrogens (tertiary/aromatic N) is 3. The molecule has 1 aromatic carbocycles. The summed E-state index contributed by atoms with van der Waals surface area (Å²) in [4.78, 5) is 0. The summed E-state index contributed by atoms with van der Waals surface area (Å²) in [6, 6.07) is 3.95. The summed E-state index contributed by atoms with van der Waals surface area (Å²) in [5.74, 6) is -1.07. The molecule has 0 unspecified atom stereocenters. The van der Waals surface area contributed by atoms with E-state index in [-0.39, 0.29) is 6.07 Å². The van der Waals surface area contributed by atoms with E-state index < -0.39 is 35.3 Å². The van der Waals surface area contributed by atoms with Crippen molar-refractivity contribution in [2.45, 2.75) is 12.5 Å². The quantitative estimate of drug-likeness (QED) is 0.525. The maximum atomic E-state index is 12.8. The van der Waals surface area contributed by atoms with Crippen LogP contribution in [-0.4, -0.2) is 12.1 Å². The number of halogens is 6. The third-order valence-electron chi connectivity index (χ3n) is 2.03. The minimum atomic E-state index is -5.15. The number of anilines is 1. The van der Waals surface area contributed by atoms with Gasteiger partial charge in [-0.1, -0.05) is 0 Å². The van der Waals surface area contributed by atoms with Gasteiger partial charge in [-0.3, -0.25) is 5.43 Å². The molecule has 1 N–H and O–H groups in total. The van der Waals surface area contributed by atoms with Crippen molar-refractivity contribution in [2.24, 2.45) is 5.10 Å². The molecule has 1 rings (SSSR count). The van der Waals surface area contributed by atoms with Crippen LogP contribution in [0.15, 0.2) is 23.3 Å². The Morgan fingerprint density at radius 1 is 1.09 bits per heavy atom. The van der Waals surface area contributed by atoms with Crippen molar-refractivity contribution < 1.29 is 31.1 Å². The highest BCUT2D eigenvalue weighted by Crippen LogP contribution is 2.38. The van der Waals surface area contributed by atoms with Gasteiger partial charge >= 0.3 is 12.5 Å². The fraction of sp³-hybridized carbons (Fsp3) is 0.182. The number of rotatable bonds is 3. The van der Waals surface area contributed by atoms with Gasteiger partial charge in [0.2, 0.25) is 5.71 Å². The zero-order chi connectivity index (χ0) is 17.0. The van der Waals surface area contributed by atoms with Crippen LogP contribution in [0.25, 0.3) is 0 Å². The SMILES string of the molecule is N#CC(C#N)=NNc1ccc(OC(F)(F)F)cc1C(F)(F)F. The molecular weight excluding hydrogens is 318 g/mol. The van der Waals surface area contributed by atoms with Gasteiger partial charge in [0.1, 0.15) is 17.9 Å². The fourth-order valence-electron chi connectivity index (χ4n) is 1.24. The third kappa shape index (κ3) is 4.86. The van der Waals surface area contributed by atoms with E-state index in [1.54, 1.807) is 5.43 Å². The lowest BCUT2D eigenvalue weighted by atomic mass is 10.1. The number of nitrogens with one attached hydrogen (secondary N) is 1. The maximum Gasteiger partial charge on any atom is 0.573 e. The topological polar surface area (TPSA) is 81.2 Å². The first-order valence-corrected chi connectivity index (χ1v) is 5.17. The molecule has 0 radical (unpaired) electrons. The van der Waals surface area contributed by atoms with Gasteiger partial charge in [0.15, 0.2) is 0 Å². The molecule has 22 heavy (non-hydrogen) atoms. The molecule has 0 spiro atoms. The summed E-state index contributed by atoms with van der Waals surface area (Å²) in [5.41, 5.74) is -1.21. The van der Waals surface area contributed by atoms with Gasteiger partial charge in [-0.05, 0) is 18.2 Å². The number of alkyl halides is 6. The summed E-state index contributed by atoms with van der Waals surface area (Å²) < 4.78 is 77.8. The van der Waals surface area contributed by atoms with Crippen LogP contribution in [0, 0.1) is 22.7 Å². The number of hydrogen-bond acceptors (Lipinski definition) is 5. The van der Waals surface area contributed by atoms with Crippen molar-refractivity contribution in [2.75, 3.05) is 5.43 Å². The number of ether oxygens (including phenoxy) is 1. The predicted molar refractivity (Wildman–Crippen MR) is 60.4 cm³/mol. The highest BCUT2D eigenvalue weighted by atomic mass is 19.4. The Bertz CT molecular complexity index is 649. The molecule has 0 amide bonds. The van der Waals surface area contributed by atoms with E-state index in [1.165, 1.54) is 12.1 Å². The minimum Gasteiger partial charge on any atom is -0.406 e. The van der Waals surface area contributed by atoms with Crippen molar-refractivity contribution >= 4 is 11.4 Å². The summed E-state index contributed by atoms with van der Waals surface area (Å²) in [6.07, 6.45) is -10.2. The van der Waals surface area contributed by atoms with E-state index in [0.717, 1.165) is 0 Å². The molecule has 1 aromatic rings. The van der Waals surface area contributed by atoms with Crippen LogP contribution in [0.3, 0.4) is 0 Å². The number of nitriles is 2. The fourth-order valence-corrected chi connectivity index (χ4v) is 1.24. The lowest BCUT2D eigenvalue weighted by Gasteiger charge is -2.15. The third-order valence-corrected chi connectivity index (χ3v) is 2.03. The minimum absolute atomic E-state index is 0.115. The van der Waals surface area contributed by atoms with Gasteiger partial charge < -0.3 is 4.74 Å². The van der Waals surface area contributed by atoms with Crippen LogP contribution in [0.5, 0.6) is 5.75 Å². The lowest BCUT2D eigenvalue weighted by molar-refractivity contribution is -0.274. The predicted octanol–water partition coefficient (Wildman–Crippen LogP) is 3.42. The maximum absolute atomic E-state index is 12.8. The van der Waals surface area contributed by atoms with Crippen molar-refractivity contribution in [1.82, 2.24) is 0 Å². The normalized spacial score (nSPS) is 11.1. The Balaban J connectivity index is 3.22. The average Bonchev–Trinajstić information content (AvgIpc) is 2.38. The molecule has 0 bridgehead atoms. The van der Waals surface area contributed by atoms with Crippen LogP contribution >= 0.6 is 0 Å². The first kappa shape index (κ1) is 17.1. The van der Waals surface area contributed by atoms with Crippen LogP contribution in [-0.2, 0) is 6.18 Å². The van der Waals surface area contributed by atoms with E-state index in [9.17, 15) is 26.3 Å². The Morgan fingerprint density at radius 2 is 1.68 bits per heavy atom. The number of benzene rings is 1. The largest absolute Gasteiger partial charge is 0.573 e. The van der Waals surface area contributed by atoms with Gasteiger partial charge in [-0.25, -0.2) is 0 Å². The standard InChI is InChI=1S/C11H4F6N4O/c12-10(13,14)8-3-7(22-11(15,16)17)1-2-9(8)21-20-6(4-18)5-19/h1-3,21H. The second kappa shape index (κ2) is 6.22. The lowest BCUT2D eigenvalue weighted by Crippen LogP contribution is -2.18. The van der Waals surface area contributed by atoms with Crippen LogP contribution in [0.2, 0.25) is 0 Å². The molecule has 0 saturated carbocycles. The molecular formula is C11H4F6N4O. The summed E-state index contributed by atoms with van der Waals surface area (Å²) >= 11 is 0. The molecule has 5 nitrogen and oxygen atoms in total. The summed E-state index contributed by atoms with van der Waals surface area (Å²) in [6.45, 7) is 0. The van der Waals surface area contributed by atoms with Gasteiger partial charge in [0, 0.05) is 0 Å². The Kier molecular flexibility index (Phi) is 4.83. The molecule has 0 saturated heterocycles. The van der Waals surface area contributed by atoms with E-state index in [4.69, 9.17) is 10.5 Å². The van der Waals surface area contributed by atoms with Gasteiger partial charge in [-0.2, -0.15) is 28.8 Å². The monoisotopic (exact) mass is 322 g/mol. The molecule has 0 aliphatic rings. The Hall–Kier alpha value is -2.95. The van der Waals surface area contributed by atoms with E-state index >= 15 is 0 Å². The molecule has 11 heteroatoms. The van der Waals surface area contributed by atoms with E-state index in [2.05, 4.69) is 9.84 Å². The van der Waals surface area contributed by atoms with Crippen LogP contribution in [0.4, 0.5) is 32.0 Å². The molecule has 0 aliphatic heterocycles. The van der Waals surface area contributed by atoms with Crippen molar-refractivity contribution in [3.05, 3.63) is 23.8 Å². The molecule has 0 aliphatic carbocycles. The van der Waals surface area contributed by atoms with Gasteiger partial charge in [-0.15, -0.1) is 13.2 Å². The summed E-state index contributed by atoms with van der Waals surface area (Å²) in [5, 5.41) is 19.9. The summed E-state index contributed by atoms with van der Waals surface area (Å²) in [7, 11) is 0. The zero-order valence-electron chi connectivity index (χ0n) is 10.2. The average molecular weight is 322 g/mol. The van der Waals surface area contributed by atoms with Crippen LogP contribution < -0.4 is 10.2 Å².